The predicted octanol–water partition coefficient (Wildman–Crippen LogP) is 1.83. The Bertz CT molecular complexity index is 377. The highest BCUT2D eigenvalue weighted by Crippen LogP contribution is 2.29. The monoisotopic (exact) mass is 261 g/mol. The zero-order chi connectivity index (χ0) is 13.8. The van der Waals surface area contributed by atoms with E-state index in [4.69, 9.17) is 0 Å². The van der Waals surface area contributed by atoms with Crippen molar-refractivity contribution < 1.29 is 0 Å². The van der Waals surface area contributed by atoms with Crippen molar-refractivity contribution in [3.63, 3.8) is 0 Å². The number of rotatable bonds is 5. The van der Waals surface area contributed by atoms with Crippen molar-refractivity contribution in [1.82, 2.24) is 15.1 Å². The molecule has 0 radical (unpaired) electrons. The van der Waals surface area contributed by atoms with E-state index in [-0.39, 0.29) is 0 Å². The first-order chi connectivity index (χ1) is 9.13. The zero-order valence-electron chi connectivity index (χ0n) is 12.6. The molecule has 1 aromatic carbocycles. The standard InChI is InChI=1S/C16H27N3/c1-13-11-19(12-16(13)18(3)4)15(10-17-2)14-8-6-5-7-9-14/h5-9,13,15-17H,10-12H2,1-4H3. The Labute approximate surface area is 117 Å². The van der Waals surface area contributed by atoms with Crippen molar-refractivity contribution in [3.8, 4) is 0 Å². The molecule has 3 heteroatoms. The summed E-state index contributed by atoms with van der Waals surface area (Å²) in [5.41, 5.74) is 1.42. The molecule has 106 valence electrons. The van der Waals surface area contributed by atoms with Gasteiger partial charge < -0.3 is 10.2 Å². The number of nitrogens with one attached hydrogen (secondary N) is 1. The van der Waals surface area contributed by atoms with Gasteiger partial charge in [-0.15, -0.1) is 0 Å². The molecule has 1 N–H and O–H groups in total. The van der Waals surface area contributed by atoms with E-state index in [1.165, 1.54) is 12.1 Å². The fourth-order valence-electron chi connectivity index (χ4n) is 3.24. The van der Waals surface area contributed by atoms with Crippen LogP contribution >= 0.6 is 0 Å². The summed E-state index contributed by atoms with van der Waals surface area (Å²) >= 11 is 0. The summed E-state index contributed by atoms with van der Waals surface area (Å²) in [6, 6.07) is 12.0. The molecule has 0 aliphatic carbocycles. The lowest BCUT2D eigenvalue weighted by Crippen LogP contribution is -2.37. The second kappa shape index (κ2) is 6.51. The molecule has 1 fully saturated rings. The lowest BCUT2D eigenvalue weighted by atomic mass is 10.1. The third-order valence-electron chi connectivity index (χ3n) is 4.29. The van der Waals surface area contributed by atoms with Gasteiger partial charge in [-0.2, -0.15) is 0 Å². The van der Waals surface area contributed by atoms with Crippen molar-refractivity contribution in [2.24, 2.45) is 5.92 Å². The summed E-state index contributed by atoms with van der Waals surface area (Å²) in [5.74, 6) is 0.734. The van der Waals surface area contributed by atoms with Gasteiger partial charge in [0.15, 0.2) is 0 Å². The van der Waals surface area contributed by atoms with Crippen LogP contribution in [0, 0.1) is 5.92 Å². The summed E-state index contributed by atoms with van der Waals surface area (Å²) in [4.78, 5) is 4.99. The minimum absolute atomic E-state index is 0.485. The summed E-state index contributed by atoms with van der Waals surface area (Å²) in [5, 5.41) is 3.35. The number of hydrogen-bond donors (Lipinski definition) is 1. The first-order valence-electron chi connectivity index (χ1n) is 7.23. The fourth-order valence-corrected chi connectivity index (χ4v) is 3.24. The topological polar surface area (TPSA) is 18.5 Å². The molecule has 2 rings (SSSR count). The summed E-state index contributed by atoms with van der Waals surface area (Å²) in [6.45, 7) is 5.72. The van der Waals surface area contributed by atoms with Gasteiger partial charge in [-0.1, -0.05) is 37.3 Å². The minimum atomic E-state index is 0.485. The lowest BCUT2D eigenvalue weighted by Gasteiger charge is -2.29. The predicted molar refractivity (Wildman–Crippen MR) is 81.3 cm³/mol. The number of likely N-dealkylation sites (tertiary alicyclic amines) is 1. The van der Waals surface area contributed by atoms with Gasteiger partial charge in [0.25, 0.3) is 0 Å². The second-order valence-electron chi connectivity index (χ2n) is 5.95. The quantitative estimate of drug-likeness (QED) is 0.872. The van der Waals surface area contributed by atoms with E-state index < -0.39 is 0 Å². The number of likely N-dealkylation sites (N-methyl/N-ethyl adjacent to an activating group) is 2. The van der Waals surface area contributed by atoms with E-state index in [0.29, 0.717) is 12.1 Å². The molecule has 1 aromatic rings. The van der Waals surface area contributed by atoms with Crippen LogP contribution in [0.15, 0.2) is 30.3 Å². The summed E-state index contributed by atoms with van der Waals surface area (Å²) in [6.07, 6.45) is 0. The molecule has 0 amide bonds. The smallest absolute Gasteiger partial charge is 0.0473 e. The van der Waals surface area contributed by atoms with Crippen molar-refractivity contribution in [2.75, 3.05) is 40.8 Å². The van der Waals surface area contributed by atoms with Crippen LogP contribution in [0.2, 0.25) is 0 Å². The molecule has 3 unspecified atom stereocenters. The Morgan fingerprint density at radius 3 is 2.47 bits per heavy atom. The van der Waals surface area contributed by atoms with Crippen molar-refractivity contribution in [2.45, 2.75) is 19.0 Å². The Balaban J connectivity index is 2.13. The Morgan fingerprint density at radius 1 is 1.26 bits per heavy atom. The van der Waals surface area contributed by atoms with Crippen LogP contribution in [0.25, 0.3) is 0 Å². The van der Waals surface area contributed by atoms with E-state index in [1.807, 2.05) is 7.05 Å². The molecule has 1 saturated heterocycles. The maximum atomic E-state index is 3.35. The highest BCUT2D eigenvalue weighted by molar-refractivity contribution is 5.20. The number of nitrogens with zero attached hydrogens (tertiary/aromatic N) is 2. The second-order valence-corrected chi connectivity index (χ2v) is 5.95. The number of hydrogen-bond acceptors (Lipinski definition) is 3. The molecule has 0 aromatic heterocycles. The molecule has 0 saturated carbocycles. The van der Waals surface area contributed by atoms with E-state index in [0.717, 1.165) is 19.0 Å². The molecule has 0 bridgehead atoms. The Morgan fingerprint density at radius 2 is 1.95 bits per heavy atom. The molecule has 19 heavy (non-hydrogen) atoms. The number of benzene rings is 1. The van der Waals surface area contributed by atoms with Crippen LogP contribution < -0.4 is 5.32 Å². The van der Waals surface area contributed by atoms with Gasteiger partial charge in [0.1, 0.15) is 0 Å². The third-order valence-corrected chi connectivity index (χ3v) is 4.29. The minimum Gasteiger partial charge on any atom is -0.318 e. The molecule has 3 nitrogen and oxygen atoms in total. The fraction of sp³-hybridized carbons (Fsp3) is 0.625. The maximum Gasteiger partial charge on any atom is 0.0473 e. The van der Waals surface area contributed by atoms with Crippen LogP contribution in [-0.4, -0.2) is 56.6 Å². The first-order valence-corrected chi connectivity index (χ1v) is 7.23. The van der Waals surface area contributed by atoms with E-state index in [1.54, 1.807) is 0 Å². The molecule has 1 aliphatic rings. The largest absolute Gasteiger partial charge is 0.318 e. The first kappa shape index (κ1) is 14.5. The van der Waals surface area contributed by atoms with E-state index >= 15 is 0 Å². The average molecular weight is 261 g/mol. The highest BCUT2D eigenvalue weighted by atomic mass is 15.3. The molecule has 1 aliphatic heterocycles. The molecule has 1 heterocycles. The van der Waals surface area contributed by atoms with E-state index in [2.05, 4.69) is 66.5 Å². The summed E-state index contributed by atoms with van der Waals surface area (Å²) in [7, 11) is 6.43. The van der Waals surface area contributed by atoms with Crippen LogP contribution in [0.4, 0.5) is 0 Å². The average Bonchev–Trinajstić information content (AvgIpc) is 2.79. The van der Waals surface area contributed by atoms with Crippen molar-refractivity contribution >= 4 is 0 Å². The van der Waals surface area contributed by atoms with Crippen molar-refractivity contribution in [3.05, 3.63) is 35.9 Å². The van der Waals surface area contributed by atoms with Crippen LogP contribution in [0.5, 0.6) is 0 Å². The van der Waals surface area contributed by atoms with Crippen LogP contribution in [-0.2, 0) is 0 Å². The van der Waals surface area contributed by atoms with Gasteiger partial charge in [-0.05, 0) is 32.6 Å². The molecule has 0 spiro atoms. The van der Waals surface area contributed by atoms with Crippen LogP contribution in [0.3, 0.4) is 0 Å². The SMILES string of the molecule is CNCC(c1ccccc1)N1CC(C)C(N(C)C)C1. The van der Waals surface area contributed by atoms with Gasteiger partial charge in [0.2, 0.25) is 0 Å². The van der Waals surface area contributed by atoms with Gasteiger partial charge in [-0.25, -0.2) is 0 Å². The Hall–Kier alpha value is -0.900. The summed E-state index contributed by atoms with van der Waals surface area (Å²) < 4.78 is 0. The maximum absolute atomic E-state index is 3.35. The van der Waals surface area contributed by atoms with E-state index in [9.17, 15) is 0 Å². The zero-order valence-corrected chi connectivity index (χ0v) is 12.6. The molecular formula is C16H27N3. The molecule has 3 atom stereocenters. The Kier molecular flexibility index (Phi) is 4.97. The van der Waals surface area contributed by atoms with Gasteiger partial charge in [-0.3, -0.25) is 4.90 Å². The molecular weight excluding hydrogens is 234 g/mol. The lowest BCUT2D eigenvalue weighted by molar-refractivity contribution is 0.214. The van der Waals surface area contributed by atoms with Crippen molar-refractivity contribution in [1.29, 1.82) is 0 Å². The normalized spacial score (nSPS) is 25.9. The highest BCUT2D eigenvalue weighted by Gasteiger charge is 2.34. The van der Waals surface area contributed by atoms with Gasteiger partial charge in [0.05, 0.1) is 0 Å². The van der Waals surface area contributed by atoms with Gasteiger partial charge in [0, 0.05) is 31.7 Å². The third kappa shape index (κ3) is 3.35. The van der Waals surface area contributed by atoms with Crippen LogP contribution in [0.1, 0.15) is 18.5 Å². The van der Waals surface area contributed by atoms with Gasteiger partial charge >= 0.3 is 0 Å².